The van der Waals surface area contributed by atoms with E-state index < -0.39 is 0 Å². The summed E-state index contributed by atoms with van der Waals surface area (Å²) in [5, 5.41) is 0. The predicted octanol–water partition coefficient (Wildman–Crippen LogP) is 2.33. The highest BCUT2D eigenvalue weighted by atomic mass is 79.9. The molecule has 1 aromatic heterocycles. The first-order valence-electron chi connectivity index (χ1n) is 5.65. The lowest BCUT2D eigenvalue weighted by atomic mass is 10.1. The van der Waals surface area contributed by atoms with Crippen molar-refractivity contribution in [3.05, 3.63) is 52.4 Å². The first kappa shape index (κ1) is 13.0. The summed E-state index contributed by atoms with van der Waals surface area (Å²) < 4.78 is 0.895. The highest BCUT2D eigenvalue weighted by Gasteiger charge is 2.07. The van der Waals surface area contributed by atoms with Crippen LogP contribution in [0, 0.1) is 0 Å². The number of hydrogen-bond donors (Lipinski definition) is 1. The van der Waals surface area contributed by atoms with Crippen LogP contribution in [0.4, 0.5) is 5.82 Å². The van der Waals surface area contributed by atoms with Gasteiger partial charge in [-0.3, -0.25) is 0 Å². The molecule has 0 aliphatic heterocycles. The van der Waals surface area contributed by atoms with Gasteiger partial charge in [0.2, 0.25) is 0 Å². The van der Waals surface area contributed by atoms with Crippen molar-refractivity contribution in [2.24, 2.45) is 5.73 Å². The van der Waals surface area contributed by atoms with Crippen LogP contribution in [0.5, 0.6) is 0 Å². The SMILES string of the molecule is CN(Cc1ccc(CN)cc1)c1ncncc1Br. The number of nitrogens with zero attached hydrogens (tertiary/aromatic N) is 3. The fourth-order valence-electron chi connectivity index (χ4n) is 1.72. The lowest BCUT2D eigenvalue weighted by Gasteiger charge is -2.19. The molecule has 0 spiro atoms. The van der Waals surface area contributed by atoms with Gasteiger partial charge < -0.3 is 10.6 Å². The monoisotopic (exact) mass is 306 g/mol. The highest BCUT2D eigenvalue weighted by molar-refractivity contribution is 9.10. The Hall–Kier alpha value is -1.46. The Morgan fingerprint density at radius 3 is 2.50 bits per heavy atom. The van der Waals surface area contributed by atoms with Crippen LogP contribution in [0.2, 0.25) is 0 Å². The Kier molecular flexibility index (Phi) is 4.28. The number of hydrogen-bond acceptors (Lipinski definition) is 4. The molecule has 0 amide bonds. The maximum absolute atomic E-state index is 5.58. The summed E-state index contributed by atoms with van der Waals surface area (Å²) in [6.45, 7) is 1.37. The fourth-order valence-corrected chi connectivity index (χ4v) is 2.24. The third-order valence-corrected chi connectivity index (χ3v) is 3.25. The Bertz CT molecular complexity index is 513. The fraction of sp³-hybridized carbons (Fsp3) is 0.231. The molecule has 5 heteroatoms. The third-order valence-electron chi connectivity index (χ3n) is 2.69. The van der Waals surface area contributed by atoms with Gasteiger partial charge in [0.1, 0.15) is 12.1 Å². The molecule has 18 heavy (non-hydrogen) atoms. The topological polar surface area (TPSA) is 55.0 Å². The van der Waals surface area contributed by atoms with E-state index in [0.717, 1.165) is 22.4 Å². The molecule has 0 unspecified atom stereocenters. The summed E-state index contributed by atoms with van der Waals surface area (Å²) in [6, 6.07) is 8.29. The van der Waals surface area contributed by atoms with Crippen molar-refractivity contribution >= 4 is 21.7 Å². The quantitative estimate of drug-likeness (QED) is 0.942. The van der Waals surface area contributed by atoms with E-state index in [0.29, 0.717) is 6.54 Å². The largest absolute Gasteiger partial charge is 0.354 e. The average Bonchev–Trinajstić information content (AvgIpc) is 2.40. The minimum absolute atomic E-state index is 0.577. The van der Waals surface area contributed by atoms with Gasteiger partial charge in [-0.2, -0.15) is 0 Å². The zero-order valence-electron chi connectivity index (χ0n) is 10.2. The molecule has 1 heterocycles. The summed E-state index contributed by atoms with van der Waals surface area (Å²) in [4.78, 5) is 10.3. The minimum Gasteiger partial charge on any atom is -0.354 e. The maximum Gasteiger partial charge on any atom is 0.146 e. The molecule has 0 atom stereocenters. The van der Waals surface area contributed by atoms with E-state index in [2.05, 4.69) is 55.1 Å². The van der Waals surface area contributed by atoms with E-state index in [1.807, 2.05) is 7.05 Å². The van der Waals surface area contributed by atoms with Crippen LogP contribution in [0.25, 0.3) is 0 Å². The second kappa shape index (κ2) is 5.93. The summed E-state index contributed by atoms with van der Waals surface area (Å²) in [6.07, 6.45) is 3.30. The first-order chi connectivity index (χ1) is 8.70. The molecule has 0 saturated heterocycles. The second-order valence-electron chi connectivity index (χ2n) is 4.07. The highest BCUT2D eigenvalue weighted by Crippen LogP contribution is 2.22. The van der Waals surface area contributed by atoms with E-state index in [9.17, 15) is 0 Å². The van der Waals surface area contributed by atoms with E-state index in [1.54, 1.807) is 12.5 Å². The average molecular weight is 307 g/mol. The molecule has 4 nitrogen and oxygen atoms in total. The van der Waals surface area contributed by atoms with Gasteiger partial charge in [0, 0.05) is 26.3 Å². The van der Waals surface area contributed by atoms with Crippen LogP contribution in [-0.4, -0.2) is 17.0 Å². The lowest BCUT2D eigenvalue weighted by molar-refractivity contribution is 0.884. The molecule has 2 rings (SSSR count). The minimum atomic E-state index is 0.577. The van der Waals surface area contributed by atoms with E-state index in [1.165, 1.54) is 5.56 Å². The van der Waals surface area contributed by atoms with Crippen molar-refractivity contribution in [1.29, 1.82) is 0 Å². The zero-order valence-corrected chi connectivity index (χ0v) is 11.8. The number of anilines is 1. The summed E-state index contributed by atoms with van der Waals surface area (Å²) in [5.41, 5.74) is 7.94. The van der Waals surface area contributed by atoms with Crippen molar-refractivity contribution in [2.75, 3.05) is 11.9 Å². The molecule has 0 bridgehead atoms. The van der Waals surface area contributed by atoms with Gasteiger partial charge in [-0.25, -0.2) is 9.97 Å². The van der Waals surface area contributed by atoms with Gasteiger partial charge in [-0.15, -0.1) is 0 Å². The van der Waals surface area contributed by atoms with Gasteiger partial charge >= 0.3 is 0 Å². The third kappa shape index (κ3) is 3.05. The van der Waals surface area contributed by atoms with Crippen molar-refractivity contribution in [3.8, 4) is 0 Å². The summed E-state index contributed by atoms with van der Waals surface area (Å²) in [7, 11) is 2.00. The summed E-state index contributed by atoms with van der Waals surface area (Å²) >= 11 is 3.45. The molecule has 2 aromatic rings. The van der Waals surface area contributed by atoms with E-state index >= 15 is 0 Å². The normalized spacial score (nSPS) is 10.4. The van der Waals surface area contributed by atoms with Crippen LogP contribution in [0.1, 0.15) is 11.1 Å². The van der Waals surface area contributed by atoms with Gasteiger partial charge in [-0.1, -0.05) is 24.3 Å². The number of aromatic nitrogens is 2. The lowest BCUT2D eigenvalue weighted by Crippen LogP contribution is -2.18. The van der Waals surface area contributed by atoms with Crippen molar-refractivity contribution in [1.82, 2.24) is 9.97 Å². The van der Waals surface area contributed by atoms with Crippen LogP contribution in [-0.2, 0) is 13.1 Å². The van der Waals surface area contributed by atoms with Crippen molar-refractivity contribution < 1.29 is 0 Å². The second-order valence-corrected chi connectivity index (χ2v) is 4.93. The molecule has 94 valence electrons. The van der Waals surface area contributed by atoms with Gasteiger partial charge in [0.15, 0.2) is 0 Å². The Morgan fingerprint density at radius 1 is 1.22 bits per heavy atom. The molecular formula is C13H15BrN4. The van der Waals surface area contributed by atoms with Crippen LogP contribution >= 0.6 is 15.9 Å². The smallest absolute Gasteiger partial charge is 0.146 e. The molecule has 0 radical (unpaired) electrons. The van der Waals surface area contributed by atoms with Gasteiger partial charge in [-0.05, 0) is 27.1 Å². The van der Waals surface area contributed by atoms with Crippen molar-refractivity contribution in [3.63, 3.8) is 0 Å². The predicted molar refractivity (Wildman–Crippen MR) is 76.2 cm³/mol. The maximum atomic E-state index is 5.58. The van der Waals surface area contributed by atoms with Crippen LogP contribution in [0.15, 0.2) is 41.3 Å². The Morgan fingerprint density at radius 2 is 1.89 bits per heavy atom. The molecule has 1 aromatic carbocycles. The number of nitrogens with two attached hydrogens (primary N) is 1. The molecule has 2 N–H and O–H groups in total. The van der Waals surface area contributed by atoms with Crippen LogP contribution < -0.4 is 10.6 Å². The molecular weight excluding hydrogens is 292 g/mol. The zero-order chi connectivity index (χ0) is 13.0. The standard InChI is InChI=1S/C13H15BrN4/c1-18(13-12(14)7-16-9-17-13)8-11-4-2-10(6-15)3-5-11/h2-5,7,9H,6,8,15H2,1H3. The van der Waals surface area contributed by atoms with E-state index in [4.69, 9.17) is 5.73 Å². The van der Waals surface area contributed by atoms with Gasteiger partial charge in [0.05, 0.1) is 4.47 Å². The molecule has 0 aliphatic carbocycles. The van der Waals surface area contributed by atoms with Crippen LogP contribution in [0.3, 0.4) is 0 Å². The van der Waals surface area contributed by atoms with E-state index in [-0.39, 0.29) is 0 Å². The number of halogens is 1. The number of benzene rings is 1. The molecule has 0 saturated carbocycles. The first-order valence-corrected chi connectivity index (χ1v) is 6.44. The van der Waals surface area contributed by atoms with Crippen molar-refractivity contribution in [2.45, 2.75) is 13.1 Å². The van der Waals surface area contributed by atoms with Gasteiger partial charge in [0.25, 0.3) is 0 Å². The number of rotatable bonds is 4. The Labute approximate surface area is 115 Å². The summed E-state index contributed by atoms with van der Waals surface area (Å²) in [5.74, 6) is 0.882. The molecule has 0 aliphatic rings. The molecule has 0 fully saturated rings. The Balaban J connectivity index is 2.11.